The van der Waals surface area contributed by atoms with Crippen molar-refractivity contribution in [1.29, 1.82) is 0 Å². The maximum Gasteiger partial charge on any atom is 0.251 e. The van der Waals surface area contributed by atoms with Crippen LogP contribution in [-0.2, 0) is 4.79 Å². The minimum absolute atomic E-state index is 0.00117. The fraction of sp³-hybridized carbons (Fsp3) is 0.250. The summed E-state index contributed by atoms with van der Waals surface area (Å²) in [4.78, 5) is 11.4. The molecule has 0 aliphatic heterocycles. The van der Waals surface area contributed by atoms with E-state index in [4.69, 9.17) is 5.11 Å². The molecule has 1 aromatic rings. The number of nitrogens with one attached hydrogen (secondary N) is 1. The number of benzene rings is 1. The second kappa shape index (κ2) is 4.64. The van der Waals surface area contributed by atoms with Crippen molar-refractivity contribution < 1.29 is 9.90 Å². The van der Waals surface area contributed by atoms with Crippen LogP contribution in [-0.4, -0.2) is 11.0 Å². The maximum atomic E-state index is 11.4. The molecule has 0 saturated carbocycles. The highest BCUT2D eigenvalue weighted by atomic mass is 16.3. The normalized spacial score (nSPS) is 11.3. The maximum absolute atomic E-state index is 11.4. The number of amides is 1. The molecule has 15 heavy (non-hydrogen) atoms. The van der Waals surface area contributed by atoms with Crippen LogP contribution < -0.4 is 5.32 Å². The van der Waals surface area contributed by atoms with Crippen molar-refractivity contribution in [3.8, 4) is 0 Å². The van der Waals surface area contributed by atoms with Crippen LogP contribution in [0.3, 0.4) is 0 Å². The minimum Gasteiger partial charge on any atom is -0.512 e. The number of hydrogen-bond acceptors (Lipinski definition) is 2. The molecule has 80 valence electrons. The lowest BCUT2D eigenvalue weighted by molar-refractivity contribution is -0.112. The molecule has 1 rings (SSSR count). The van der Waals surface area contributed by atoms with Gasteiger partial charge in [0, 0.05) is 11.8 Å². The molecule has 1 aromatic carbocycles. The number of para-hydroxylation sites is 1. The third-order valence-corrected chi connectivity index (χ3v) is 2.07. The summed E-state index contributed by atoms with van der Waals surface area (Å²) in [5.74, 6) is -0.314. The van der Waals surface area contributed by atoms with Gasteiger partial charge in [0.15, 0.2) is 0 Å². The average Bonchev–Trinajstić information content (AvgIpc) is 2.10. The lowest BCUT2D eigenvalue weighted by Gasteiger charge is -2.09. The van der Waals surface area contributed by atoms with Crippen LogP contribution in [0, 0.1) is 13.8 Å². The van der Waals surface area contributed by atoms with Crippen molar-refractivity contribution in [2.75, 3.05) is 5.32 Å². The van der Waals surface area contributed by atoms with Crippen LogP contribution in [0.2, 0.25) is 0 Å². The number of aliphatic hydroxyl groups is 1. The second-order valence-corrected chi connectivity index (χ2v) is 3.54. The van der Waals surface area contributed by atoms with E-state index in [1.54, 1.807) is 0 Å². The van der Waals surface area contributed by atoms with Crippen LogP contribution in [0.1, 0.15) is 18.1 Å². The van der Waals surface area contributed by atoms with E-state index in [9.17, 15) is 4.79 Å². The van der Waals surface area contributed by atoms with Gasteiger partial charge in [0.25, 0.3) is 5.91 Å². The zero-order valence-electron chi connectivity index (χ0n) is 9.16. The van der Waals surface area contributed by atoms with Crippen molar-refractivity contribution in [3.05, 3.63) is 41.2 Å². The number of rotatable bonds is 2. The fourth-order valence-corrected chi connectivity index (χ4v) is 1.36. The molecule has 0 bridgehead atoms. The number of aryl methyl sites for hydroxylation is 2. The van der Waals surface area contributed by atoms with Crippen molar-refractivity contribution >= 4 is 11.6 Å². The quantitative estimate of drug-likeness (QED) is 0.576. The number of anilines is 1. The molecule has 0 heterocycles. The molecule has 3 nitrogen and oxygen atoms in total. The molecule has 0 aliphatic carbocycles. The van der Waals surface area contributed by atoms with E-state index < -0.39 is 0 Å². The zero-order chi connectivity index (χ0) is 11.4. The number of allylic oxidation sites excluding steroid dienone is 1. The molecule has 0 aliphatic rings. The Kier molecular flexibility index (Phi) is 3.50. The van der Waals surface area contributed by atoms with Gasteiger partial charge >= 0.3 is 0 Å². The summed E-state index contributed by atoms with van der Waals surface area (Å²) in [5.41, 5.74) is 2.82. The van der Waals surface area contributed by atoms with E-state index in [0.29, 0.717) is 0 Å². The Morgan fingerprint density at radius 1 is 1.33 bits per heavy atom. The van der Waals surface area contributed by atoms with E-state index in [1.807, 2.05) is 32.0 Å². The molecule has 1 amide bonds. The first-order valence-corrected chi connectivity index (χ1v) is 4.75. The molecule has 2 N–H and O–H groups in total. The fourth-order valence-electron chi connectivity index (χ4n) is 1.36. The van der Waals surface area contributed by atoms with E-state index in [0.717, 1.165) is 22.9 Å². The highest BCUT2D eigenvalue weighted by molar-refractivity contribution is 6.00. The Morgan fingerprint density at radius 3 is 2.33 bits per heavy atom. The Bertz CT molecular complexity index is 384. The van der Waals surface area contributed by atoms with Crippen molar-refractivity contribution in [3.63, 3.8) is 0 Å². The topological polar surface area (TPSA) is 49.3 Å². The monoisotopic (exact) mass is 205 g/mol. The molecule has 0 spiro atoms. The summed E-state index contributed by atoms with van der Waals surface area (Å²) in [7, 11) is 0. The lowest BCUT2D eigenvalue weighted by Crippen LogP contribution is -2.10. The average molecular weight is 205 g/mol. The SMILES string of the molecule is C/C(O)=C/C(=O)Nc1c(C)cccc1C. The molecule has 0 unspecified atom stereocenters. The summed E-state index contributed by atoms with van der Waals surface area (Å²) < 4.78 is 0. The number of carbonyl (C=O) groups is 1. The standard InChI is InChI=1S/C12H15NO2/c1-8-5-4-6-9(2)12(8)13-11(15)7-10(3)14/h4-7,14H,1-3H3,(H,13,15)/b10-7-. The highest BCUT2D eigenvalue weighted by Crippen LogP contribution is 2.19. The van der Waals surface area contributed by atoms with Gasteiger partial charge in [0.2, 0.25) is 0 Å². The van der Waals surface area contributed by atoms with Gasteiger partial charge in [0.1, 0.15) is 0 Å². The Hall–Kier alpha value is -1.77. The van der Waals surface area contributed by atoms with Crippen LogP contribution >= 0.6 is 0 Å². The predicted octanol–water partition coefficient (Wildman–Crippen LogP) is 2.70. The largest absolute Gasteiger partial charge is 0.512 e. The summed E-state index contributed by atoms with van der Waals surface area (Å²) in [5, 5.41) is 11.7. The summed E-state index contributed by atoms with van der Waals surface area (Å²) in [6.07, 6.45) is 1.16. The number of hydrogen-bond donors (Lipinski definition) is 2. The van der Waals surface area contributed by atoms with Gasteiger partial charge in [-0.25, -0.2) is 0 Å². The first-order chi connectivity index (χ1) is 7.00. The Morgan fingerprint density at radius 2 is 1.87 bits per heavy atom. The second-order valence-electron chi connectivity index (χ2n) is 3.54. The molecular weight excluding hydrogens is 190 g/mol. The Labute approximate surface area is 89.4 Å². The van der Waals surface area contributed by atoms with Gasteiger partial charge in [0.05, 0.1) is 5.76 Å². The van der Waals surface area contributed by atoms with Crippen LogP contribution in [0.5, 0.6) is 0 Å². The van der Waals surface area contributed by atoms with Gasteiger partial charge < -0.3 is 10.4 Å². The Balaban J connectivity index is 2.90. The number of aliphatic hydroxyl groups excluding tert-OH is 1. The van der Waals surface area contributed by atoms with E-state index in [-0.39, 0.29) is 11.7 Å². The molecule has 0 aromatic heterocycles. The third-order valence-electron chi connectivity index (χ3n) is 2.07. The molecule has 0 radical (unpaired) electrons. The first kappa shape index (κ1) is 11.3. The summed E-state index contributed by atoms with van der Waals surface area (Å²) in [6.45, 7) is 5.32. The van der Waals surface area contributed by atoms with Gasteiger partial charge in [-0.05, 0) is 31.9 Å². The van der Waals surface area contributed by atoms with Crippen molar-refractivity contribution in [1.82, 2.24) is 0 Å². The van der Waals surface area contributed by atoms with Gasteiger partial charge in [-0.2, -0.15) is 0 Å². The molecular formula is C12H15NO2. The molecule has 0 fully saturated rings. The molecule has 3 heteroatoms. The van der Waals surface area contributed by atoms with Crippen molar-refractivity contribution in [2.45, 2.75) is 20.8 Å². The van der Waals surface area contributed by atoms with Gasteiger partial charge in [-0.1, -0.05) is 18.2 Å². The van der Waals surface area contributed by atoms with Gasteiger partial charge in [-0.3, -0.25) is 4.79 Å². The van der Waals surface area contributed by atoms with Gasteiger partial charge in [-0.15, -0.1) is 0 Å². The van der Waals surface area contributed by atoms with Crippen LogP contribution in [0.4, 0.5) is 5.69 Å². The molecule has 0 atom stereocenters. The lowest BCUT2D eigenvalue weighted by atomic mass is 10.1. The van der Waals surface area contributed by atoms with Crippen LogP contribution in [0.15, 0.2) is 30.0 Å². The smallest absolute Gasteiger partial charge is 0.251 e. The van der Waals surface area contributed by atoms with E-state index >= 15 is 0 Å². The molecule has 0 saturated heterocycles. The van der Waals surface area contributed by atoms with Crippen LogP contribution in [0.25, 0.3) is 0 Å². The van der Waals surface area contributed by atoms with E-state index in [1.165, 1.54) is 6.92 Å². The zero-order valence-corrected chi connectivity index (χ0v) is 9.16. The number of carbonyl (C=O) groups excluding carboxylic acids is 1. The minimum atomic E-state index is -0.313. The summed E-state index contributed by atoms with van der Waals surface area (Å²) in [6, 6.07) is 5.80. The third kappa shape index (κ3) is 3.13. The van der Waals surface area contributed by atoms with E-state index in [2.05, 4.69) is 5.32 Å². The predicted molar refractivity (Wildman–Crippen MR) is 60.9 cm³/mol. The van der Waals surface area contributed by atoms with Crippen molar-refractivity contribution in [2.24, 2.45) is 0 Å². The first-order valence-electron chi connectivity index (χ1n) is 4.75. The summed E-state index contributed by atoms with van der Waals surface area (Å²) >= 11 is 0. The highest BCUT2D eigenvalue weighted by Gasteiger charge is 2.04.